The van der Waals surface area contributed by atoms with Crippen LogP contribution in [0.25, 0.3) is 0 Å². The van der Waals surface area contributed by atoms with Crippen molar-refractivity contribution in [2.75, 3.05) is 0 Å². The molecule has 1 aromatic rings. The summed E-state index contributed by atoms with van der Waals surface area (Å²) < 4.78 is 0. The zero-order valence-electron chi connectivity index (χ0n) is 8.69. The molecule has 0 bridgehead atoms. The van der Waals surface area contributed by atoms with E-state index in [1.165, 1.54) is 0 Å². The Balaban J connectivity index is 2.84. The fraction of sp³-hybridized carbons (Fsp3) is 0.333. The first-order valence-electron chi connectivity index (χ1n) is 4.87. The van der Waals surface area contributed by atoms with Crippen molar-refractivity contribution in [2.24, 2.45) is 0 Å². The van der Waals surface area contributed by atoms with E-state index >= 15 is 0 Å². The molecule has 3 heteroatoms. The van der Waals surface area contributed by atoms with Gasteiger partial charge in [-0.25, -0.2) is 0 Å². The van der Waals surface area contributed by atoms with E-state index in [0.717, 1.165) is 23.0 Å². The van der Waals surface area contributed by atoms with Crippen LogP contribution < -0.4 is 0 Å². The maximum atomic E-state index is 10.6. The molecule has 0 saturated carbocycles. The zero-order valence-corrected chi connectivity index (χ0v) is 8.69. The van der Waals surface area contributed by atoms with E-state index in [2.05, 4.69) is 0 Å². The van der Waals surface area contributed by atoms with E-state index in [1.54, 1.807) is 0 Å². The third-order valence-corrected chi connectivity index (χ3v) is 2.31. The van der Waals surface area contributed by atoms with Crippen LogP contribution in [0.4, 0.5) is 0 Å². The lowest BCUT2D eigenvalue weighted by Crippen LogP contribution is -2.02. The molecule has 0 unspecified atom stereocenters. The second-order valence-electron chi connectivity index (χ2n) is 3.54. The highest BCUT2D eigenvalue weighted by atomic mass is 16.4. The van der Waals surface area contributed by atoms with Gasteiger partial charge in [0.25, 0.3) is 0 Å². The molecule has 80 valence electrons. The van der Waals surface area contributed by atoms with Crippen molar-refractivity contribution >= 4 is 12.3 Å². The van der Waals surface area contributed by atoms with Crippen molar-refractivity contribution in [3.63, 3.8) is 0 Å². The average Bonchev–Trinajstić information content (AvgIpc) is 2.18. The van der Waals surface area contributed by atoms with E-state index in [1.807, 2.05) is 25.1 Å². The van der Waals surface area contributed by atoms with Gasteiger partial charge in [0.2, 0.25) is 0 Å². The number of carboxylic acid groups (broad SMARTS) is 1. The number of hydrogen-bond acceptors (Lipinski definition) is 2. The summed E-state index contributed by atoms with van der Waals surface area (Å²) in [4.78, 5) is 20.8. The van der Waals surface area contributed by atoms with Gasteiger partial charge in [0.05, 0.1) is 6.42 Å². The third-order valence-electron chi connectivity index (χ3n) is 2.31. The quantitative estimate of drug-likeness (QED) is 0.747. The molecule has 3 nitrogen and oxygen atoms in total. The Kier molecular flexibility index (Phi) is 4.03. The summed E-state index contributed by atoms with van der Waals surface area (Å²) >= 11 is 0. The molecule has 0 aromatic heterocycles. The first kappa shape index (κ1) is 11.4. The van der Waals surface area contributed by atoms with Crippen LogP contribution in [0, 0.1) is 6.92 Å². The molecule has 0 spiro atoms. The van der Waals surface area contributed by atoms with E-state index in [4.69, 9.17) is 5.11 Å². The summed E-state index contributed by atoms with van der Waals surface area (Å²) in [5.74, 6) is -0.828. The van der Waals surface area contributed by atoms with Crippen molar-refractivity contribution in [3.05, 3.63) is 34.9 Å². The van der Waals surface area contributed by atoms with Crippen molar-refractivity contribution in [3.8, 4) is 0 Å². The number of aliphatic carboxylic acids is 1. The largest absolute Gasteiger partial charge is 0.481 e. The molecule has 0 amide bonds. The highest BCUT2D eigenvalue weighted by Gasteiger charge is 2.04. The first-order chi connectivity index (χ1) is 7.13. The SMILES string of the molecule is Cc1ccc(CCC=O)cc1CC(=O)O. The predicted octanol–water partition coefficient (Wildman–Crippen LogP) is 1.75. The van der Waals surface area contributed by atoms with Gasteiger partial charge in [-0.2, -0.15) is 0 Å². The van der Waals surface area contributed by atoms with Crippen molar-refractivity contribution < 1.29 is 14.7 Å². The minimum Gasteiger partial charge on any atom is -0.481 e. The van der Waals surface area contributed by atoms with Gasteiger partial charge in [-0.15, -0.1) is 0 Å². The summed E-state index contributed by atoms with van der Waals surface area (Å²) in [7, 11) is 0. The fourth-order valence-corrected chi connectivity index (χ4v) is 1.46. The minimum atomic E-state index is -0.828. The van der Waals surface area contributed by atoms with Gasteiger partial charge < -0.3 is 9.90 Å². The Hall–Kier alpha value is -1.64. The number of carbonyl (C=O) groups excluding carboxylic acids is 1. The number of carboxylic acids is 1. The Labute approximate surface area is 88.7 Å². The average molecular weight is 206 g/mol. The van der Waals surface area contributed by atoms with Crippen LogP contribution in [-0.4, -0.2) is 17.4 Å². The molecule has 15 heavy (non-hydrogen) atoms. The smallest absolute Gasteiger partial charge is 0.307 e. The first-order valence-corrected chi connectivity index (χ1v) is 4.87. The number of hydrogen-bond donors (Lipinski definition) is 1. The van der Waals surface area contributed by atoms with Crippen LogP contribution in [-0.2, 0) is 22.4 Å². The maximum Gasteiger partial charge on any atom is 0.307 e. The maximum absolute atomic E-state index is 10.6. The van der Waals surface area contributed by atoms with Gasteiger partial charge >= 0.3 is 5.97 Å². The molecule has 1 aromatic carbocycles. The van der Waals surface area contributed by atoms with Crippen LogP contribution in [0.15, 0.2) is 18.2 Å². The normalized spacial score (nSPS) is 9.93. The lowest BCUT2D eigenvalue weighted by Gasteiger charge is -2.05. The van der Waals surface area contributed by atoms with E-state index in [-0.39, 0.29) is 6.42 Å². The van der Waals surface area contributed by atoms with Gasteiger partial charge in [0, 0.05) is 6.42 Å². The number of aryl methyl sites for hydroxylation is 2. The molecule has 0 saturated heterocycles. The number of rotatable bonds is 5. The molecule has 0 fully saturated rings. The van der Waals surface area contributed by atoms with Crippen LogP contribution >= 0.6 is 0 Å². The van der Waals surface area contributed by atoms with Gasteiger partial charge in [-0.05, 0) is 30.0 Å². The third kappa shape index (κ3) is 3.54. The molecule has 0 aliphatic carbocycles. The van der Waals surface area contributed by atoms with Crippen LogP contribution in [0.3, 0.4) is 0 Å². The Morgan fingerprint density at radius 1 is 1.47 bits per heavy atom. The molecule has 0 radical (unpaired) electrons. The predicted molar refractivity (Wildman–Crippen MR) is 56.9 cm³/mol. The molecular weight excluding hydrogens is 192 g/mol. The topological polar surface area (TPSA) is 54.4 Å². The lowest BCUT2D eigenvalue weighted by atomic mass is 10.0. The Morgan fingerprint density at radius 2 is 2.20 bits per heavy atom. The Bertz CT molecular complexity index is 369. The molecule has 0 aliphatic heterocycles. The lowest BCUT2D eigenvalue weighted by molar-refractivity contribution is -0.136. The second-order valence-corrected chi connectivity index (χ2v) is 3.54. The van der Waals surface area contributed by atoms with Gasteiger partial charge in [0.1, 0.15) is 6.29 Å². The van der Waals surface area contributed by atoms with Crippen molar-refractivity contribution in [2.45, 2.75) is 26.2 Å². The molecule has 0 atom stereocenters. The summed E-state index contributed by atoms with van der Waals surface area (Å²) in [5, 5.41) is 8.70. The fourth-order valence-electron chi connectivity index (χ4n) is 1.46. The molecule has 0 heterocycles. The summed E-state index contributed by atoms with van der Waals surface area (Å²) in [6, 6.07) is 5.70. The molecule has 1 rings (SSSR count). The van der Waals surface area contributed by atoms with Crippen LogP contribution in [0.1, 0.15) is 23.1 Å². The molecular formula is C12H14O3. The summed E-state index contributed by atoms with van der Waals surface area (Å²) in [6.45, 7) is 1.89. The monoisotopic (exact) mass is 206 g/mol. The minimum absolute atomic E-state index is 0.0424. The van der Waals surface area contributed by atoms with E-state index in [0.29, 0.717) is 12.8 Å². The molecule has 0 aliphatic rings. The standard InChI is InChI=1S/C12H14O3/c1-9-4-5-10(3-2-6-13)7-11(9)8-12(14)15/h4-7H,2-3,8H2,1H3,(H,14,15). The van der Waals surface area contributed by atoms with Gasteiger partial charge in [-0.1, -0.05) is 18.2 Å². The second kappa shape index (κ2) is 5.29. The highest BCUT2D eigenvalue weighted by Crippen LogP contribution is 2.13. The van der Waals surface area contributed by atoms with Crippen molar-refractivity contribution in [1.82, 2.24) is 0 Å². The summed E-state index contributed by atoms with van der Waals surface area (Å²) in [6.07, 6.45) is 2.07. The van der Waals surface area contributed by atoms with E-state index < -0.39 is 5.97 Å². The summed E-state index contributed by atoms with van der Waals surface area (Å²) in [5.41, 5.74) is 2.82. The highest BCUT2D eigenvalue weighted by molar-refractivity contribution is 5.70. The molecule has 1 N–H and O–H groups in total. The number of aldehydes is 1. The Morgan fingerprint density at radius 3 is 2.80 bits per heavy atom. The zero-order chi connectivity index (χ0) is 11.3. The van der Waals surface area contributed by atoms with Gasteiger partial charge in [-0.3, -0.25) is 4.79 Å². The van der Waals surface area contributed by atoms with Crippen LogP contribution in [0.5, 0.6) is 0 Å². The van der Waals surface area contributed by atoms with E-state index in [9.17, 15) is 9.59 Å². The van der Waals surface area contributed by atoms with Crippen LogP contribution in [0.2, 0.25) is 0 Å². The number of benzene rings is 1. The van der Waals surface area contributed by atoms with Gasteiger partial charge in [0.15, 0.2) is 0 Å². The number of carbonyl (C=O) groups is 2. The van der Waals surface area contributed by atoms with Crippen molar-refractivity contribution in [1.29, 1.82) is 0 Å².